The van der Waals surface area contributed by atoms with Gasteiger partial charge in [-0.15, -0.1) is 15.5 Å². The van der Waals surface area contributed by atoms with Crippen LogP contribution in [0.3, 0.4) is 0 Å². The molecule has 0 N–H and O–H groups in total. The van der Waals surface area contributed by atoms with Gasteiger partial charge in [-0.3, -0.25) is 0 Å². The van der Waals surface area contributed by atoms with Crippen LogP contribution in [0.4, 0.5) is 33.1 Å². The minimum atomic E-state index is -10.7. The van der Waals surface area contributed by atoms with Gasteiger partial charge in [0.1, 0.15) is 0 Å². The van der Waals surface area contributed by atoms with Gasteiger partial charge >= 0.3 is 10.6 Å². The molecule has 0 heterocycles. The third kappa shape index (κ3) is 2.25. The summed E-state index contributed by atoms with van der Waals surface area (Å²) in [6.07, 6.45) is 0. The molecule has 0 nitrogen and oxygen atoms in total. The Labute approximate surface area is 111 Å². The number of hydrogen-bond acceptors (Lipinski definition) is 0. The van der Waals surface area contributed by atoms with Gasteiger partial charge in [0.15, 0.2) is 0 Å². The highest BCUT2D eigenvalue weighted by molar-refractivity contribution is 8.50. The van der Waals surface area contributed by atoms with Gasteiger partial charge < -0.3 is 0 Å². The molecule has 0 aliphatic rings. The minimum absolute atomic E-state index is 0.152. The van der Waals surface area contributed by atoms with E-state index in [1.54, 1.807) is 0 Å². The van der Waals surface area contributed by atoms with Gasteiger partial charge in [-0.2, -0.15) is 17.6 Å². The summed E-state index contributed by atoms with van der Waals surface area (Å²) >= 11 is 8.95. The van der Waals surface area contributed by atoms with E-state index in [1.807, 2.05) is 0 Å². The van der Waals surface area contributed by atoms with Crippen LogP contribution in [0, 0.1) is 0 Å². The fourth-order valence-electron chi connectivity index (χ4n) is 1.09. The fourth-order valence-corrected chi connectivity index (χ4v) is 3.13. The molecule has 0 radical (unpaired) electrons. The second-order valence-electron chi connectivity index (χ2n) is 3.54. The van der Waals surface area contributed by atoms with Crippen LogP contribution in [0.1, 0.15) is 0 Å². The van der Waals surface area contributed by atoms with E-state index in [0.29, 0.717) is 12.1 Å². The highest BCUT2D eigenvalue weighted by Gasteiger charge is 2.90. The molecule has 0 amide bonds. The number of benzene rings is 1. The van der Waals surface area contributed by atoms with Gasteiger partial charge in [-0.1, -0.05) is 11.6 Å². The lowest BCUT2D eigenvalue weighted by molar-refractivity contribution is -0.113. The van der Waals surface area contributed by atoms with Crippen LogP contribution >= 0.6 is 33.0 Å². The van der Waals surface area contributed by atoms with Crippen molar-refractivity contribution in [3.8, 4) is 0 Å². The van der Waals surface area contributed by atoms with Crippen LogP contribution in [0.15, 0.2) is 29.2 Å². The molecule has 0 aliphatic carbocycles. The molecule has 0 fully saturated rings. The first-order chi connectivity index (χ1) is 8.03. The Bertz CT molecular complexity index is 499. The van der Waals surface area contributed by atoms with Crippen molar-refractivity contribution in [2.45, 2.75) is 15.5 Å². The van der Waals surface area contributed by atoms with E-state index < -0.39 is 25.4 Å². The quantitative estimate of drug-likeness (QED) is 0.427. The van der Waals surface area contributed by atoms with Crippen molar-refractivity contribution in [3.63, 3.8) is 0 Å². The molecule has 0 unspecified atom stereocenters. The summed E-state index contributed by atoms with van der Waals surface area (Å²) in [5.41, 5.74) is 0. The summed E-state index contributed by atoms with van der Waals surface area (Å²) in [6.45, 7) is 0. The summed E-state index contributed by atoms with van der Waals surface area (Å²) in [7, 11) is -10.7. The number of alkyl halides is 5. The van der Waals surface area contributed by atoms with E-state index >= 15 is 0 Å². The largest absolute Gasteiger partial charge is 0.434 e. The van der Waals surface area contributed by atoms with Crippen molar-refractivity contribution in [2.24, 2.45) is 0 Å². The third-order valence-corrected chi connectivity index (χ3v) is 5.24. The molecular formula is C8H4Cl2F8S. The van der Waals surface area contributed by atoms with Crippen molar-refractivity contribution in [1.82, 2.24) is 0 Å². The predicted molar refractivity (Wildman–Crippen MR) is 57.5 cm³/mol. The molecule has 0 bridgehead atoms. The van der Waals surface area contributed by atoms with E-state index in [9.17, 15) is 33.1 Å². The average molecular weight is 355 g/mol. The van der Waals surface area contributed by atoms with Crippen molar-refractivity contribution >= 4 is 33.0 Å². The minimum Gasteiger partial charge on any atom is -0.180 e. The molecular weight excluding hydrogens is 351 g/mol. The number of hydrogen-bond donors (Lipinski definition) is 0. The first-order valence-corrected chi connectivity index (χ1v) is 7.04. The van der Waals surface area contributed by atoms with E-state index in [4.69, 9.17) is 11.6 Å². The van der Waals surface area contributed by atoms with Gasteiger partial charge in [0, 0.05) is 5.02 Å². The lowest BCUT2D eigenvalue weighted by atomic mass is 10.4. The van der Waals surface area contributed by atoms with Crippen LogP contribution in [-0.2, 0) is 0 Å². The van der Waals surface area contributed by atoms with Crippen LogP contribution in [0.25, 0.3) is 0 Å². The second kappa shape index (κ2) is 3.62. The molecule has 0 aliphatic heterocycles. The Hall–Kier alpha value is -0.410. The number of rotatable bonds is 3. The van der Waals surface area contributed by atoms with Crippen LogP contribution in [0.5, 0.6) is 0 Å². The molecule has 11 heteroatoms. The maximum atomic E-state index is 13.4. The van der Waals surface area contributed by atoms with E-state index in [-0.39, 0.29) is 17.2 Å². The van der Waals surface area contributed by atoms with E-state index in [1.165, 1.54) is 0 Å². The monoisotopic (exact) mass is 354 g/mol. The lowest BCUT2D eigenvalue weighted by Gasteiger charge is -2.54. The molecule has 1 rings (SSSR count). The smallest absolute Gasteiger partial charge is 0.180 e. The standard InChI is InChI=1S/C8H4Cl2F8S/c9-5-1-3-6(4-2-5)19(15,16,17,18)8(13,14)7(10,11)12/h1-4H. The average Bonchev–Trinajstić information content (AvgIpc) is 2.14. The zero-order valence-corrected chi connectivity index (χ0v) is 10.8. The zero-order valence-electron chi connectivity index (χ0n) is 8.50. The van der Waals surface area contributed by atoms with Crippen molar-refractivity contribution in [2.75, 3.05) is 0 Å². The summed E-state index contributed by atoms with van der Waals surface area (Å²) in [5, 5.41) is -13.5. The van der Waals surface area contributed by atoms with Crippen molar-refractivity contribution in [3.05, 3.63) is 29.3 Å². The Morgan fingerprint density at radius 2 is 1.21 bits per heavy atom. The normalized spacial score (nSPS) is 17.8. The molecule has 19 heavy (non-hydrogen) atoms. The molecule has 1 aromatic rings. The first kappa shape index (κ1) is 16.6. The topological polar surface area (TPSA) is 0 Å². The predicted octanol–water partition coefficient (Wildman–Crippen LogP) is 6.54. The SMILES string of the molecule is FC(F)(Cl)C(F)(F)S(F)(F)(F)(F)c1ccc(Cl)cc1. The van der Waals surface area contributed by atoms with Crippen LogP contribution in [-0.4, -0.2) is 10.6 Å². The maximum absolute atomic E-state index is 13.4. The highest BCUT2D eigenvalue weighted by atomic mass is 35.5. The van der Waals surface area contributed by atoms with Gasteiger partial charge in [0.05, 0.1) is 4.90 Å². The Balaban J connectivity index is 3.68. The van der Waals surface area contributed by atoms with E-state index in [0.717, 1.165) is 0 Å². The Morgan fingerprint density at radius 3 is 1.53 bits per heavy atom. The lowest BCUT2D eigenvalue weighted by Crippen LogP contribution is -2.47. The maximum Gasteiger partial charge on any atom is 0.434 e. The number of halogens is 10. The van der Waals surface area contributed by atoms with Gasteiger partial charge in [0.2, 0.25) is 9.84 Å². The fraction of sp³-hybridized carbons (Fsp3) is 0.250. The molecule has 0 atom stereocenters. The molecule has 0 saturated heterocycles. The van der Waals surface area contributed by atoms with Gasteiger partial charge in [0.25, 0.3) is 0 Å². The van der Waals surface area contributed by atoms with Crippen LogP contribution in [0.2, 0.25) is 5.02 Å². The third-order valence-electron chi connectivity index (χ3n) is 2.13. The van der Waals surface area contributed by atoms with Gasteiger partial charge in [-0.25, -0.2) is 0 Å². The van der Waals surface area contributed by atoms with Crippen LogP contribution < -0.4 is 0 Å². The van der Waals surface area contributed by atoms with Gasteiger partial charge in [-0.05, 0) is 35.9 Å². The van der Waals surface area contributed by atoms with Crippen molar-refractivity contribution in [1.29, 1.82) is 0 Å². The Morgan fingerprint density at radius 1 is 0.842 bits per heavy atom. The molecule has 1 aromatic carbocycles. The molecule has 0 aromatic heterocycles. The van der Waals surface area contributed by atoms with E-state index in [2.05, 4.69) is 11.6 Å². The molecule has 0 spiro atoms. The zero-order chi connectivity index (χ0) is 15.4. The summed E-state index contributed by atoms with van der Waals surface area (Å²) in [6, 6.07) is 0.580. The summed E-state index contributed by atoms with van der Waals surface area (Å²) in [4.78, 5) is -2.55. The highest BCUT2D eigenvalue weighted by Crippen LogP contribution is 3.08. The summed E-state index contributed by atoms with van der Waals surface area (Å²) in [5.74, 6) is 0. The molecule has 0 saturated carbocycles. The van der Waals surface area contributed by atoms with Crippen molar-refractivity contribution < 1.29 is 33.1 Å². The molecule has 112 valence electrons. The summed E-state index contributed by atoms with van der Waals surface area (Å²) < 4.78 is 104. The first-order valence-electron chi connectivity index (χ1n) is 4.23. The second-order valence-corrected chi connectivity index (χ2v) is 7.57. The Kier molecular flexibility index (Phi) is 3.17.